The summed E-state index contributed by atoms with van der Waals surface area (Å²) < 4.78 is 11.7. The molecule has 0 fully saturated rings. The van der Waals surface area contributed by atoms with Gasteiger partial charge in [0.1, 0.15) is 24.7 Å². The van der Waals surface area contributed by atoms with E-state index in [2.05, 4.69) is 73.7 Å². The van der Waals surface area contributed by atoms with Gasteiger partial charge in [0.05, 0.1) is 11.6 Å². The molecule has 0 atom stereocenters. The van der Waals surface area contributed by atoms with Gasteiger partial charge in [-0.2, -0.15) is 5.26 Å². The number of aryl methyl sites for hydroxylation is 1. The molecule has 4 rings (SSSR count). The van der Waals surface area contributed by atoms with Gasteiger partial charge < -0.3 is 9.47 Å². The smallest absolute Gasteiger partial charge is 0.119 e. The van der Waals surface area contributed by atoms with Crippen LogP contribution in [0.15, 0.2) is 97.1 Å². The predicted octanol–water partition coefficient (Wildman–Crippen LogP) is 6.62. The van der Waals surface area contributed by atoms with Crippen molar-refractivity contribution < 1.29 is 9.47 Å². The van der Waals surface area contributed by atoms with Gasteiger partial charge in [-0.25, -0.2) is 0 Å². The Morgan fingerprint density at radius 3 is 1.41 bits per heavy atom. The van der Waals surface area contributed by atoms with Crippen LogP contribution in [-0.2, 0) is 19.6 Å². The minimum absolute atomic E-state index is 0.502. The fourth-order valence-corrected chi connectivity index (χ4v) is 3.34. The first-order valence-electron chi connectivity index (χ1n) is 10.7. The van der Waals surface area contributed by atoms with E-state index in [0.29, 0.717) is 18.8 Å². The standard InChI is InChI=1S/C29H25NO2/c1-22-2-14-28(15-3-22)31-20-26-8-4-23(5-9-26)18-24-6-10-27(11-7-24)21-32-29-16-12-25(19-30)13-17-29/h2-17H,18,20-21H2,1H3. The van der Waals surface area contributed by atoms with Gasteiger partial charge in [-0.05, 0) is 72.0 Å². The molecular formula is C29H25NO2. The van der Waals surface area contributed by atoms with Crippen molar-refractivity contribution in [3.8, 4) is 17.6 Å². The molecule has 3 nitrogen and oxygen atoms in total. The van der Waals surface area contributed by atoms with E-state index >= 15 is 0 Å². The van der Waals surface area contributed by atoms with Crippen molar-refractivity contribution >= 4 is 0 Å². The van der Waals surface area contributed by atoms with Crippen molar-refractivity contribution in [2.75, 3.05) is 0 Å². The van der Waals surface area contributed by atoms with Gasteiger partial charge in [0, 0.05) is 0 Å². The SMILES string of the molecule is Cc1ccc(OCc2ccc(Cc3ccc(COc4ccc(C#N)cc4)cc3)cc2)cc1. The molecule has 0 spiro atoms. The molecule has 0 amide bonds. The minimum atomic E-state index is 0.502. The molecule has 0 aliphatic carbocycles. The molecule has 0 saturated carbocycles. The lowest BCUT2D eigenvalue weighted by Crippen LogP contribution is -1.97. The molecule has 0 N–H and O–H groups in total. The van der Waals surface area contributed by atoms with E-state index in [1.165, 1.54) is 16.7 Å². The number of benzene rings is 4. The molecule has 0 aliphatic rings. The fourth-order valence-electron chi connectivity index (χ4n) is 3.34. The van der Waals surface area contributed by atoms with Crippen molar-refractivity contribution in [2.24, 2.45) is 0 Å². The van der Waals surface area contributed by atoms with Crippen molar-refractivity contribution in [1.29, 1.82) is 5.26 Å². The maximum atomic E-state index is 8.86. The molecule has 3 heteroatoms. The topological polar surface area (TPSA) is 42.2 Å². The summed E-state index contributed by atoms with van der Waals surface area (Å²) in [5.74, 6) is 1.66. The van der Waals surface area contributed by atoms with Crippen LogP contribution in [-0.4, -0.2) is 0 Å². The second-order valence-electron chi connectivity index (χ2n) is 7.84. The first kappa shape index (κ1) is 21.2. The van der Waals surface area contributed by atoms with Crippen LogP contribution in [0.2, 0.25) is 0 Å². The van der Waals surface area contributed by atoms with E-state index in [4.69, 9.17) is 14.7 Å². The van der Waals surface area contributed by atoms with Crippen LogP contribution in [0.25, 0.3) is 0 Å². The van der Waals surface area contributed by atoms with Gasteiger partial charge in [0.25, 0.3) is 0 Å². The Hall–Kier alpha value is -4.03. The summed E-state index contributed by atoms with van der Waals surface area (Å²) in [4.78, 5) is 0. The van der Waals surface area contributed by atoms with E-state index in [-0.39, 0.29) is 0 Å². The zero-order valence-corrected chi connectivity index (χ0v) is 18.1. The summed E-state index contributed by atoms with van der Waals surface area (Å²) in [6.45, 7) is 3.14. The zero-order valence-electron chi connectivity index (χ0n) is 18.1. The van der Waals surface area contributed by atoms with E-state index in [1.807, 2.05) is 24.3 Å². The van der Waals surface area contributed by atoms with Crippen LogP contribution in [0.5, 0.6) is 11.5 Å². The highest BCUT2D eigenvalue weighted by atomic mass is 16.5. The summed E-state index contributed by atoms with van der Waals surface area (Å²) in [5.41, 5.74) is 6.66. The third-order valence-corrected chi connectivity index (χ3v) is 5.27. The molecule has 0 radical (unpaired) electrons. The van der Waals surface area contributed by atoms with Crippen LogP contribution >= 0.6 is 0 Å². The maximum absolute atomic E-state index is 8.86. The molecule has 4 aromatic rings. The number of hydrogen-bond donors (Lipinski definition) is 0. The Bertz CT molecular complexity index is 1170. The molecular weight excluding hydrogens is 394 g/mol. The van der Waals surface area contributed by atoms with E-state index in [0.717, 1.165) is 29.0 Å². The first-order valence-corrected chi connectivity index (χ1v) is 10.7. The fraction of sp³-hybridized carbons (Fsp3) is 0.138. The molecule has 32 heavy (non-hydrogen) atoms. The lowest BCUT2D eigenvalue weighted by atomic mass is 10.0. The Labute approximate surface area is 189 Å². The van der Waals surface area contributed by atoms with Gasteiger partial charge in [0.15, 0.2) is 0 Å². The third-order valence-electron chi connectivity index (χ3n) is 5.27. The average molecular weight is 420 g/mol. The first-order chi connectivity index (χ1) is 15.7. The molecule has 158 valence electrons. The van der Waals surface area contributed by atoms with Crippen molar-refractivity contribution in [3.63, 3.8) is 0 Å². The summed E-state index contributed by atoms with van der Waals surface area (Å²) in [5, 5.41) is 8.86. The Kier molecular flexibility index (Phi) is 6.84. The highest BCUT2D eigenvalue weighted by Gasteiger charge is 2.01. The Morgan fingerprint density at radius 2 is 0.969 bits per heavy atom. The van der Waals surface area contributed by atoms with Gasteiger partial charge in [-0.3, -0.25) is 0 Å². The van der Waals surface area contributed by atoms with Crippen LogP contribution in [0.4, 0.5) is 0 Å². The van der Waals surface area contributed by atoms with E-state index in [9.17, 15) is 0 Å². The molecule has 0 aliphatic heterocycles. The minimum Gasteiger partial charge on any atom is -0.489 e. The number of nitriles is 1. The summed E-state index contributed by atoms with van der Waals surface area (Å²) in [7, 11) is 0. The maximum Gasteiger partial charge on any atom is 0.119 e. The Balaban J connectivity index is 1.27. The number of hydrogen-bond acceptors (Lipinski definition) is 3. The number of rotatable bonds is 8. The second kappa shape index (κ2) is 10.3. The quantitative estimate of drug-likeness (QED) is 0.322. The summed E-state index contributed by atoms with van der Waals surface area (Å²) in [6.07, 6.45) is 0.885. The Morgan fingerprint density at radius 1 is 0.562 bits per heavy atom. The van der Waals surface area contributed by atoms with Gasteiger partial charge in [0.2, 0.25) is 0 Å². The summed E-state index contributed by atoms with van der Waals surface area (Å²) >= 11 is 0. The number of nitrogens with zero attached hydrogens (tertiary/aromatic N) is 1. The highest BCUT2D eigenvalue weighted by molar-refractivity contribution is 5.35. The molecule has 0 saturated heterocycles. The van der Waals surface area contributed by atoms with Crippen molar-refractivity contribution in [2.45, 2.75) is 26.6 Å². The largest absolute Gasteiger partial charge is 0.489 e. The van der Waals surface area contributed by atoms with Gasteiger partial charge in [-0.1, -0.05) is 66.2 Å². The molecule has 4 aromatic carbocycles. The normalized spacial score (nSPS) is 10.4. The van der Waals surface area contributed by atoms with Crippen LogP contribution in [0.3, 0.4) is 0 Å². The molecule has 0 unspecified atom stereocenters. The summed E-state index contributed by atoms with van der Waals surface area (Å²) in [6, 6.07) is 34.5. The van der Waals surface area contributed by atoms with E-state index < -0.39 is 0 Å². The van der Waals surface area contributed by atoms with Gasteiger partial charge >= 0.3 is 0 Å². The van der Waals surface area contributed by atoms with Gasteiger partial charge in [-0.15, -0.1) is 0 Å². The third kappa shape index (κ3) is 6.00. The van der Waals surface area contributed by atoms with Crippen molar-refractivity contribution in [1.82, 2.24) is 0 Å². The average Bonchev–Trinajstić information content (AvgIpc) is 2.84. The lowest BCUT2D eigenvalue weighted by molar-refractivity contribution is 0.306. The van der Waals surface area contributed by atoms with Crippen LogP contribution in [0, 0.1) is 18.3 Å². The van der Waals surface area contributed by atoms with Crippen molar-refractivity contribution in [3.05, 3.63) is 130 Å². The highest BCUT2D eigenvalue weighted by Crippen LogP contribution is 2.17. The molecule has 0 aromatic heterocycles. The van der Waals surface area contributed by atoms with E-state index in [1.54, 1.807) is 12.1 Å². The monoisotopic (exact) mass is 419 g/mol. The second-order valence-corrected chi connectivity index (χ2v) is 7.84. The zero-order chi connectivity index (χ0) is 22.2. The van der Waals surface area contributed by atoms with Crippen LogP contribution in [0.1, 0.15) is 33.4 Å². The molecule has 0 bridgehead atoms. The predicted molar refractivity (Wildman–Crippen MR) is 127 cm³/mol. The van der Waals surface area contributed by atoms with Crippen LogP contribution < -0.4 is 9.47 Å². The molecule has 0 heterocycles. The lowest BCUT2D eigenvalue weighted by Gasteiger charge is -2.09. The number of ether oxygens (including phenoxy) is 2.